The Morgan fingerprint density at radius 2 is 1.90 bits per heavy atom. The Bertz CT molecular complexity index is 1600. The van der Waals surface area contributed by atoms with E-state index in [2.05, 4.69) is 20.5 Å². The molecule has 1 fully saturated rings. The monoisotopic (exact) mass is 567 g/mol. The van der Waals surface area contributed by atoms with Crippen LogP contribution in [0.25, 0.3) is 10.9 Å². The quantitative estimate of drug-likeness (QED) is 0.278. The number of carbonyl (C=O) groups is 1. The topological polar surface area (TPSA) is 114 Å². The Balaban J connectivity index is 1.39. The average molecular weight is 568 g/mol. The van der Waals surface area contributed by atoms with Gasteiger partial charge >= 0.3 is 0 Å². The van der Waals surface area contributed by atoms with Crippen molar-refractivity contribution in [3.05, 3.63) is 82.9 Å². The Kier molecular flexibility index (Phi) is 8.06. The molecule has 3 aromatic carbocycles. The maximum Gasteiger partial charge on any atom is 0.263 e. The Labute approximate surface area is 232 Å². The number of aromatic nitrogens is 2. The number of hydrogen-bond acceptors (Lipinski definition) is 6. The zero-order valence-corrected chi connectivity index (χ0v) is 23.1. The van der Waals surface area contributed by atoms with E-state index < -0.39 is 10.0 Å². The molecule has 1 atom stereocenters. The van der Waals surface area contributed by atoms with Gasteiger partial charge in [0.2, 0.25) is 5.91 Å². The van der Waals surface area contributed by atoms with Crippen molar-refractivity contribution in [3.63, 3.8) is 0 Å². The minimum Gasteiger partial charge on any atom is -0.496 e. The second-order valence-electron chi connectivity index (χ2n) is 9.46. The molecule has 2 heterocycles. The molecule has 204 valence electrons. The number of amides is 1. The first-order valence-corrected chi connectivity index (χ1v) is 14.6. The summed E-state index contributed by atoms with van der Waals surface area (Å²) in [5.74, 6) is 0.669. The maximum atomic E-state index is 13.2. The number of halogens is 1. The number of nitrogens with one attached hydrogen (secondary N) is 3. The third-order valence-corrected chi connectivity index (χ3v) is 8.29. The lowest BCUT2D eigenvalue weighted by atomic mass is 10.0. The molecule has 0 saturated carbocycles. The molecular weight excluding hydrogens is 538 g/mol. The van der Waals surface area contributed by atoms with E-state index in [0.29, 0.717) is 34.8 Å². The van der Waals surface area contributed by atoms with Gasteiger partial charge in [-0.3, -0.25) is 14.2 Å². The summed E-state index contributed by atoms with van der Waals surface area (Å²) in [5, 5.41) is 11.8. The van der Waals surface area contributed by atoms with Crippen molar-refractivity contribution in [3.8, 4) is 5.75 Å². The smallest absolute Gasteiger partial charge is 0.263 e. The van der Waals surface area contributed by atoms with Crippen molar-refractivity contribution >= 4 is 44.3 Å². The Morgan fingerprint density at radius 3 is 2.67 bits per heavy atom. The zero-order valence-electron chi connectivity index (χ0n) is 21.5. The number of carbonyl (C=O) groups excluding carboxylic acids is 1. The lowest BCUT2D eigenvalue weighted by Gasteiger charge is -2.22. The van der Waals surface area contributed by atoms with Gasteiger partial charge in [0, 0.05) is 11.6 Å². The van der Waals surface area contributed by atoms with Crippen molar-refractivity contribution in [2.75, 3.05) is 18.4 Å². The number of piperidine rings is 1. The van der Waals surface area contributed by atoms with Crippen LogP contribution in [0.4, 0.5) is 5.82 Å². The normalized spacial score (nSPS) is 15.7. The lowest BCUT2D eigenvalue weighted by molar-refractivity contribution is -0.123. The molecule has 11 heteroatoms. The van der Waals surface area contributed by atoms with Crippen LogP contribution in [0.3, 0.4) is 0 Å². The molecule has 1 aliphatic heterocycles. The number of methoxy groups -OCH3 is 1. The highest BCUT2D eigenvalue weighted by atomic mass is 35.5. The standard InChI is InChI=1S/C28H30ClN5O4S/c1-38-25-13-6-12-24-26(25)27(33-39(36,37)22-10-5-9-21(29)16-22)32-34(24)18-20-8-4-7-19(15-20)17-31-28(35)23-11-2-3-14-30-23/h4-10,12-13,15-16,23,30H,2-3,11,14,17-18H2,1H3,(H,31,35)(H,32,33)/t23-/m1/s1. The zero-order chi connectivity index (χ0) is 27.4. The van der Waals surface area contributed by atoms with E-state index in [1.165, 1.54) is 19.2 Å². The van der Waals surface area contributed by atoms with Crippen LogP contribution in [0.15, 0.2) is 71.6 Å². The van der Waals surface area contributed by atoms with E-state index in [4.69, 9.17) is 16.3 Å². The molecule has 1 amide bonds. The first-order chi connectivity index (χ1) is 18.8. The van der Waals surface area contributed by atoms with E-state index in [1.807, 2.05) is 36.4 Å². The minimum atomic E-state index is -3.95. The van der Waals surface area contributed by atoms with Gasteiger partial charge in [0.25, 0.3) is 10.0 Å². The summed E-state index contributed by atoms with van der Waals surface area (Å²) in [6, 6.07) is 19.2. The molecule has 5 rings (SSSR count). The minimum absolute atomic E-state index is 0.0156. The summed E-state index contributed by atoms with van der Waals surface area (Å²) in [7, 11) is -2.42. The van der Waals surface area contributed by atoms with Crippen LogP contribution in [0.5, 0.6) is 5.75 Å². The van der Waals surface area contributed by atoms with Crippen LogP contribution in [0.2, 0.25) is 5.02 Å². The second-order valence-corrected chi connectivity index (χ2v) is 11.6. The fraction of sp³-hybridized carbons (Fsp3) is 0.286. The molecule has 0 aliphatic carbocycles. The first-order valence-electron chi connectivity index (χ1n) is 12.7. The predicted octanol–water partition coefficient (Wildman–Crippen LogP) is 4.31. The number of hydrogen-bond donors (Lipinski definition) is 3. The van der Waals surface area contributed by atoms with Crippen LogP contribution in [0.1, 0.15) is 30.4 Å². The van der Waals surface area contributed by atoms with Gasteiger partial charge in [-0.1, -0.05) is 54.4 Å². The number of fused-ring (bicyclic) bond motifs is 1. The number of rotatable bonds is 9. The molecule has 1 aliphatic rings. The van der Waals surface area contributed by atoms with Crippen molar-refractivity contribution in [2.45, 2.75) is 43.3 Å². The largest absolute Gasteiger partial charge is 0.496 e. The van der Waals surface area contributed by atoms with E-state index in [0.717, 1.165) is 36.9 Å². The van der Waals surface area contributed by atoms with E-state index in [1.54, 1.807) is 22.9 Å². The van der Waals surface area contributed by atoms with Gasteiger partial charge in [-0.25, -0.2) is 8.42 Å². The highest BCUT2D eigenvalue weighted by Gasteiger charge is 2.22. The van der Waals surface area contributed by atoms with Crippen molar-refractivity contribution in [1.29, 1.82) is 0 Å². The van der Waals surface area contributed by atoms with Crippen molar-refractivity contribution < 1.29 is 17.9 Å². The number of sulfonamides is 1. The van der Waals surface area contributed by atoms with Crippen LogP contribution < -0.4 is 20.1 Å². The van der Waals surface area contributed by atoms with E-state index in [-0.39, 0.29) is 22.7 Å². The maximum absolute atomic E-state index is 13.2. The van der Waals surface area contributed by atoms with Crippen LogP contribution >= 0.6 is 11.6 Å². The molecule has 0 radical (unpaired) electrons. The van der Waals surface area contributed by atoms with Gasteiger partial charge < -0.3 is 15.4 Å². The van der Waals surface area contributed by atoms with Gasteiger partial charge in [0.15, 0.2) is 5.82 Å². The van der Waals surface area contributed by atoms with Crippen LogP contribution in [-0.4, -0.2) is 43.8 Å². The van der Waals surface area contributed by atoms with Crippen molar-refractivity contribution in [1.82, 2.24) is 20.4 Å². The molecule has 9 nitrogen and oxygen atoms in total. The summed E-state index contributed by atoms with van der Waals surface area (Å²) < 4.78 is 36.2. The summed E-state index contributed by atoms with van der Waals surface area (Å²) >= 11 is 6.02. The molecule has 4 aromatic rings. The van der Waals surface area contributed by atoms with E-state index in [9.17, 15) is 13.2 Å². The number of benzene rings is 3. The summed E-state index contributed by atoms with van der Waals surface area (Å²) in [4.78, 5) is 12.6. The first kappa shape index (κ1) is 27.0. The van der Waals surface area contributed by atoms with Crippen molar-refractivity contribution in [2.24, 2.45) is 0 Å². The molecule has 1 saturated heterocycles. The lowest BCUT2D eigenvalue weighted by Crippen LogP contribution is -2.46. The fourth-order valence-corrected chi connectivity index (χ4v) is 6.09. The average Bonchev–Trinajstić information content (AvgIpc) is 3.28. The third-order valence-electron chi connectivity index (χ3n) is 6.71. The van der Waals surface area contributed by atoms with Gasteiger partial charge in [0.1, 0.15) is 5.75 Å². The molecule has 0 spiro atoms. The van der Waals surface area contributed by atoms with Crippen LogP contribution in [0, 0.1) is 0 Å². The third kappa shape index (κ3) is 6.19. The number of ether oxygens (including phenoxy) is 1. The summed E-state index contributed by atoms with van der Waals surface area (Å²) in [6.07, 6.45) is 3.01. The number of nitrogens with zero attached hydrogens (tertiary/aromatic N) is 2. The summed E-state index contributed by atoms with van der Waals surface area (Å²) in [6.45, 7) is 1.67. The Morgan fingerprint density at radius 1 is 1.10 bits per heavy atom. The molecule has 39 heavy (non-hydrogen) atoms. The summed E-state index contributed by atoms with van der Waals surface area (Å²) in [5.41, 5.74) is 2.63. The van der Waals surface area contributed by atoms with Gasteiger partial charge in [-0.15, -0.1) is 0 Å². The van der Waals surface area contributed by atoms with Gasteiger partial charge in [-0.2, -0.15) is 5.10 Å². The van der Waals surface area contributed by atoms with Crippen LogP contribution in [-0.2, 0) is 27.9 Å². The molecule has 0 bridgehead atoms. The van der Waals surface area contributed by atoms with E-state index >= 15 is 0 Å². The predicted molar refractivity (Wildman–Crippen MR) is 152 cm³/mol. The highest BCUT2D eigenvalue weighted by molar-refractivity contribution is 7.92. The fourth-order valence-electron chi connectivity index (χ4n) is 4.78. The molecule has 1 aromatic heterocycles. The molecule has 0 unspecified atom stereocenters. The molecule has 3 N–H and O–H groups in total. The Hall–Kier alpha value is -3.60. The number of anilines is 1. The van der Waals surface area contributed by atoms with Gasteiger partial charge in [-0.05, 0) is 60.8 Å². The SMILES string of the molecule is COc1cccc2c1c(NS(=O)(=O)c1cccc(Cl)c1)nn2Cc1cccc(CNC(=O)[C@H]2CCCCN2)c1. The molecular formula is C28H30ClN5O4S. The second kappa shape index (κ2) is 11.6. The highest BCUT2D eigenvalue weighted by Crippen LogP contribution is 2.34. The van der Waals surface area contributed by atoms with Gasteiger partial charge in [0.05, 0.1) is 35.5 Å².